The molecule has 6 rings (SSSR count). The summed E-state index contributed by atoms with van der Waals surface area (Å²) in [5.41, 5.74) is 9.35. The Hall–Kier alpha value is -4.03. The predicted molar refractivity (Wildman–Crippen MR) is 162 cm³/mol. The lowest BCUT2D eigenvalue weighted by Crippen LogP contribution is -2.60. The van der Waals surface area contributed by atoms with E-state index in [1.54, 1.807) is 16.2 Å². The summed E-state index contributed by atoms with van der Waals surface area (Å²) < 4.78 is 5.58. The molecular weight excluding hydrogens is 532 g/mol. The Labute approximate surface area is 244 Å². The van der Waals surface area contributed by atoms with Crippen molar-refractivity contribution in [2.24, 2.45) is 5.41 Å². The van der Waals surface area contributed by atoms with Crippen molar-refractivity contribution >= 4 is 34.3 Å². The van der Waals surface area contributed by atoms with Gasteiger partial charge in [0.05, 0.1) is 27.1 Å². The highest BCUT2D eigenvalue weighted by Crippen LogP contribution is 2.45. The van der Waals surface area contributed by atoms with Gasteiger partial charge < -0.3 is 14.5 Å². The van der Waals surface area contributed by atoms with Crippen LogP contribution < -0.4 is 4.90 Å². The first-order valence-corrected chi connectivity index (χ1v) is 14.8. The van der Waals surface area contributed by atoms with E-state index in [1.165, 1.54) is 0 Å². The van der Waals surface area contributed by atoms with Crippen molar-refractivity contribution in [1.82, 2.24) is 19.9 Å². The van der Waals surface area contributed by atoms with Gasteiger partial charge in [-0.3, -0.25) is 4.98 Å². The number of ether oxygens (including phenoxy) is 1. The second kappa shape index (κ2) is 9.81. The van der Waals surface area contributed by atoms with Crippen molar-refractivity contribution in [3.05, 3.63) is 58.4 Å². The smallest absolute Gasteiger partial charge is 0.410 e. The number of likely N-dealkylation sites (tertiary alicyclic amines) is 1. The van der Waals surface area contributed by atoms with Crippen LogP contribution >= 0.6 is 11.3 Å². The Balaban J connectivity index is 1.43. The number of thiazole rings is 1. The van der Waals surface area contributed by atoms with Crippen LogP contribution in [0.5, 0.6) is 0 Å². The maximum atomic E-state index is 12.6. The third-order valence-electron chi connectivity index (χ3n) is 8.24. The Morgan fingerprint density at radius 1 is 1.15 bits per heavy atom. The van der Waals surface area contributed by atoms with Gasteiger partial charge in [-0.05, 0) is 70.7 Å². The summed E-state index contributed by atoms with van der Waals surface area (Å²) >= 11 is 1.59. The van der Waals surface area contributed by atoms with Crippen LogP contribution in [0.15, 0.2) is 36.0 Å². The molecule has 1 aromatic carbocycles. The van der Waals surface area contributed by atoms with Gasteiger partial charge >= 0.3 is 6.09 Å². The number of carbonyl (C=O) groups excluding carboxylic acids is 1. The van der Waals surface area contributed by atoms with Crippen LogP contribution in [-0.4, -0.2) is 57.7 Å². The molecule has 2 saturated heterocycles. The zero-order chi connectivity index (χ0) is 29.1. The van der Waals surface area contributed by atoms with E-state index in [0.717, 1.165) is 68.9 Å². The molecule has 5 heterocycles. The molecular formula is C32H34N6O2S. The lowest BCUT2D eigenvalue weighted by Gasteiger charge is -2.47. The van der Waals surface area contributed by atoms with Crippen LogP contribution in [0.25, 0.3) is 32.6 Å². The maximum absolute atomic E-state index is 12.6. The molecule has 0 unspecified atom stereocenters. The molecule has 0 aliphatic carbocycles. The summed E-state index contributed by atoms with van der Waals surface area (Å²) in [4.78, 5) is 32.1. The number of carbonyl (C=O) groups is 1. The summed E-state index contributed by atoms with van der Waals surface area (Å²) in [5.74, 6) is 0.684. The summed E-state index contributed by atoms with van der Waals surface area (Å²) in [6.45, 7) is 14.6. The SMILES string of the molecule is Cc1cccc(-c2c(C#N)c(N3CCC4(CN(C(=O)OC(C)(C)C)C4)C3)nc3cc(-c4scnc4C)cnc23)c1C. The maximum Gasteiger partial charge on any atom is 0.410 e. The van der Waals surface area contributed by atoms with Gasteiger partial charge in [-0.15, -0.1) is 11.3 Å². The van der Waals surface area contributed by atoms with Crippen molar-refractivity contribution < 1.29 is 9.53 Å². The number of nitriles is 1. The van der Waals surface area contributed by atoms with E-state index in [4.69, 9.17) is 14.7 Å². The molecule has 41 heavy (non-hydrogen) atoms. The van der Waals surface area contributed by atoms with Gasteiger partial charge in [0.25, 0.3) is 0 Å². The molecule has 2 aliphatic rings. The highest BCUT2D eigenvalue weighted by atomic mass is 32.1. The molecule has 1 spiro atoms. The number of hydrogen-bond acceptors (Lipinski definition) is 8. The zero-order valence-electron chi connectivity index (χ0n) is 24.4. The molecule has 3 aromatic heterocycles. The Kier molecular flexibility index (Phi) is 6.50. The first kappa shape index (κ1) is 27.2. The molecule has 0 N–H and O–H groups in total. The molecule has 0 atom stereocenters. The number of anilines is 1. The number of aryl methyl sites for hydroxylation is 2. The van der Waals surface area contributed by atoms with Gasteiger partial charge in [0.1, 0.15) is 23.1 Å². The van der Waals surface area contributed by atoms with Crippen molar-refractivity contribution in [2.45, 2.75) is 53.6 Å². The summed E-state index contributed by atoms with van der Waals surface area (Å²) in [5, 5.41) is 10.6. The molecule has 2 aliphatic heterocycles. The van der Waals surface area contributed by atoms with Crippen LogP contribution in [0, 0.1) is 37.5 Å². The van der Waals surface area contributed by atoms with E-state index >= 15 is 0 Å². The summed E-state index contributed by atoms with van der Waals surface area (Å²) in [6.07, 6.45) is 2.52. The highest BCUT2D eigenvalue weighted by Gasteiger charge is 2.51. The fourth-order valence-corrected chi connectivity index (χ4v) is 6.83. The van der Waals surface area contributed by atoms with E-state index < -0.39 is 5.60 Å². The van der Waals surface area contributed by atoms with Crippen LogP contribution in [0.1, 0.15) is 49.6 Å². The monoisotopic (exact) mass is 566 g/mol. The molecule has 210 valence electrons. The number of pyridine rings is 2. The Morgan fingerprint density at radius 2 is 1.93 bits per heavy atom. The third-order valence-corrected chi connectivity index (χ3v) is 9.22. The standard InChI is InChI=1S/C32H34N6O2S/c1-19-8-7-9-23(20(19)2)26-24(13-33)29(36-25-12-22(14-34-27(25)26)28-21(3)35-18-41-28)37-11-10-32(15-37)16-38(17-32)30(39)40-31(4,5)6/h7-9,12,14,18H,10-11,15-17H2,1-6H3. The number of rotatable bonds is 3. The molecule has 2 fully saturated rings. The second-order valence-corrected chi connectivity index (χ2v) is 13.3. The van der Waals surface area contributed by atoms with Crippen LogP contribution in [0.3, 0.4) is 0 Å². The van der Waals surface area contributed by atoms with Crippen LogP contribution in [0.2, 0.25) is 0 Å². The Morgan fingerprint density at radius 3 is 2.61 bits per heavy atom. The average molecular weight is 567 g/mol. The number of fused-ring (bicyclic) bond motifs is 1. The van der Waals surface area contributed by atoms with Crippen molar-refractivity contribution in [2.75, 3.05) is 31.1 Å². The molecule has 8 nitrogen and oxygen atoms in total. The number of benzene rings is 1. The van der Waals surface area contributed by atoms with Gasteiger partial charge in [0, 0.05) is 48.9 Å². The van der Waals surface area contributed by atoms with Gasteiger partial charge in [-0.2, -0.15) is 5.26 Å². The molecule has 0 saturated carbocycles. The van der Waals surface area contributed by atoms with Crippen LogP contribution in [0.4, 0.5) is 10.6 Å². The fraction of sp³-hybridized carbons (Fsp3) is 0.406. The van der Waals surface area contributed by atoms with E-state index in [-0.39, 0.29) is 11.5 Å². The van der Waals surface area contributed by atoms with Crippen molar-refractivity contribution in [3.63, 3.8) is 0 Å². The number of amides is 1. The summed E-state index contributed by atoms with van der Waals surface area (Å²) in [7, 11) is 0. The Bertz CT molecular complexity index is 1720. The van der Waals surface area contributed by atoms with Crippen molar-refractivity contribution in [3.8, 4) is 27.6 Å². The third kappa shape index (κ3) is 4.80. The minimum atomic E-state index is -0.521. The van der Waals surface area contributed by atoms with Gasteiger partial charge in [0.2, 0.25) is 0 Å². The van der Waals surface area contributed by atoms with Crippen LogP contribution in [-0.2, 0) is 4.74 Å². The lowest BCUT2D eigenvalue weighted by molar-refractivity contribution is -0.0266. The summed E-state index contributed by atoms with van der Waals surface area (Å²) in [6, 6.07) is 10.8. The topological polar surface area (TPSA) is 95.2 Å². The first-order valence-electron chi connectivity index (χ1n) is 13.9. The number of aromatic nitrogens is 3. The van der Waals surface area contributed by atoms with E-state index in [2.05, 4.69) is 48.0 Å². The van der Waals surface area contributed by atoms with E-state index in [9.17, 15) is 10.1 Å². The first-order chi connectivity index (χ1) is 19.5. The highest BCUT2D eigenvalue weighted by molar-refractivity contribution is 7.13. The minimum Gasteiger partial charge on any atom is -0.444 e. The molecule has 0 radical (unpaired) electrons. The van der Waals surface area contributed by atoms with Gasteiger partial charge in [-0.25, -0.2) is 14.8 Å². The largest absolute Gasteiger partial charge is 0.444 e. The minimum absolute atomic E-state index is 0.0282. The number of nitrogens with zero attached hydrogens (tertiary/aromatic N) is 6. The lowest BCUT2D eigenvalue weighted by atomic mass is 9.79. The fourth-order valence-electron chi connectivity index (χ4n) is 6.05. The quantitative estimate of drug-likeness (QED) is 0.273. The van der Waals surface area contributed by atoms with E-state index in [1.807, 2.05) is 45.5 Å². The van der Waals surface area contributed by atoms with E-state index in [0.29, 0.717) is 24.5 Å². The second-order valence-electron chi connectivity index (χ2n) is 12.4. The molecule has 4 aromatic rings. The van der Waals surface area contributed by atoms with Gasteiger partial charge in [-0.1, -0.05) is 18.2 Å². The molecule has 1 amide bonds. The van der Waals surface area contributed by atoms with Gasteiger partial charge in [0.15, 0.2) is 0 Å². The zero-order valence-corrected chi connectivity index (χ0v) is 25.2. The number of hydrogen-bond donors (Lipinski definition) is 0. The average Bonchev–Trinajstić information content (AvgIpc) is 3.54. The molecule has 0 bridgehead atoms. The van der Waals surface area contributed by atoms with Crippen molar-refractivity contribution in [1.29, 1.82) is 5.26 Å². The normalized spacial score (nSPS) is 16.2. The molecule has 9 heteroatoms. The predicted octanol–water partition coefficient (Wildman–Crippen LogP) is 6.66.